The maximum atomic E-state index is 6.42. The van der Waals surface area contributed by atoms with Crippen molar-refractivity contribution in [2.45, 2.75) is 38.3 Å². The van der Waals surface area contributed by atoms with Crippen molar-refractivity contribution >= 4 is 0 Å². The molecule has 5 nitrogen and oxygen atoms in total. The van der Waals surface area contributed by atoms with Crippen LogP contribution in [0.2, 0.25) is 0 Å². The second-order valence-electron chi connectivity index (χ2n) is 8.29. The monoisotopic (exact) mass is 410 g/mol. The largest absolute Gasteiger partial charge is 0.493 e. The highest BCUT2D eigenvalue weighted by atomic mass is 16.5. The Morgan fingerprint density at radius 1 is 0.933 bits per heavy atom. The smallest absolute Gasteiger partial charge is 0.164 e. The van der Waals surface area contributed by atoms with Crippen LogP contribution in [0.25, 0.3) is 0 Å². The number of nitrogens with zero attached hydrogens (tertiary/aromatic N) is 1. The van der Waals surface area contributed by atoms with E-state index >= 15 is 0 Å². The molecule has 1 aliphatic heterocycles. The maximum absolute atomic E-state index is 6.42. The molecule has 162 valence electrons. The molecule has 1 saturated heterocycles. The fraction of sp³-hybridized carbons (Fsp3) is 0.520. The molecule has 4 rings (SSSR count). The van der Waals surface area contributed by atoms with Crippen molar-refractivity contribution in [3.8, 4) is 17.2 Å². The Hall–Kier alpha value is -2.24. The van der Waals surface area contributed by atoms with E-state index in [-0.39, 0.29) is 0 Å². The van der Waals surface area contributed by atoms with E-state index < -0.39 is 0 Å². The SMILES string of the molecule is COc1cc(OCc2ccccc2)c([C@H](C2CCCC2)N2CCNCC2)cc1OC. The van der Waals surface area contributed by atoms with E-state index in [1.165, 1.54) is 31.2 Å². The Bertz CT molecular complexity index is 800. The zero-order chi connectivity index (χ0) is 20.8. The molecule has 0 unspecified atom stereocenters. The van der Waals surface area contributed by atoms with Gasteiger partial charge in [0, 0.05) is 43.9 Å². The molecular weight excluding hydrogens is 376 g/mol. The number of hydrogen-bond acceptors (Lipinski definition) is 5. The van der Waals surface area contributed by atoms with Gasteiger partial charge in [0.05, 0.1) is 14.2 Å². The lowest BCUT2D eigenvalue weighted by Crippen LogP contribution is -2.46. The first-order valence-electron chi connectivity index (χ1n) is 11.2. The predicted octanol–water partition coefficient (Wildman–Crippen LogP) is 4.42. The summed E-state index contributed by atoms with van der Waals surface area (Å²) in [6.07, 6.45) is 5.20. The van der Waals surface area contributed by atoms with E-state index in [2.05, 4.69) is 40.5 Å². The Morgan fingerprint density at radius 3 is 2.27 bits per heavy atom. The third kappa shape index (κ3) is 4.73. The predicted molar refractivity (Wildman–Crippen MR) is 119 cm³/mol. The molecule has 30 heavy (non-hydrogen) atoms. The van der Waals surface area contributed by atoms with E-state index in [0.717, 1.165) is 49.0 Å². The maximum Gasteiger partial charge on any atom is 0.164 e. The van der Waals surface area contributed by atoms with Crippen LogP contribution < -0.4 is 19.5 Å². The molecule has 0 aromatic heterocycles. The van der Waals surface area contributed by atoms with Crippen molar-refractivity contribution in [3.63, 3.8) is 0 Å². The van der Waals surface area contributed by atoms with Crippen LogP contribution in [0.5, 0.6) is 17.2 Å². The highest BCUT2D eigenvalue weighted by Crippen LogP contribution is 2.46. The van der Waals surface area contributed by atoms with Gasteiger partial charge in [0.2, 0.25) is 0 Å². The van der Waals surface area contributed by atoms with E-state index in [1.54, 1.807) is 14.2 Å². The first-order chi connectivity index (χ1) is 14.8. The van der Waals surface area contributed by atoms with Crippen LogP contribution in [0.3, 0.4) is 0 Å². The summed E-state index contributed by atoms with van der Waals surface area (Å²) in [5.74, 6) is 3.06. The van der Waals surface area contributed by atoms with Crippen molar-refractivity contribution in [1.29, 1.82) is 0 Å². The van der Waals surface area contributed by atoms with E-state index in [4.69, 9.17) is 14.2 Å². The molecule has 2 aromatic rings. The lowest BCUT2D eigenvalue weighted by atomic mass is 9.88. The van der Waals surface area contributed by atoms with Gasteiger partial charge in [-0.25, -0.2) is 0 Å². The highest BCUT2D eigenvalue weighted by Gasteiger charge is 2.34. The minimum Gasteiger partial charge on any atom is -0.493 e. The average Bonchev–Trinajstić information content (AvgIpc) is 3.33. The van der Waals surface area contributed by atoms with E-state index in [1.807, 2.05) is 12.1 Å². The summed E-state index contributed by atoms with van der Waals surface area (Å²) in [4.78, 5) is 2.64. The average molecular weight is 411 g/mol. The molecular formula is C25H34N2O3. The number of nitrogens with one attached hydrogen (secondary N) is 1. The number of piperazine rings is 1. The van der Waals surface area contributed by atoms with Gasteiger partial charge in [-0.05, 0) is 30.4 Å². The quantitative estimate of drug-likeness (QED) is 0.698. The van der Waals surface area contributed by atoms with E-state index in [0.29, 0.717) is 18.6 Å². The van der Waals surface area contributed by atoms with Gasteiger partial charge in [-0.3, -0.25) is 4.90 Å². The van der Waals surface area contributed by atoms with Gasteiger partial charge in [0.1, 0.15) is 12.4 Å². The summed E-state index contributed by atoms with van der Waals surface area (Å²) in [6.45, 7) is 4.75. The molecule has 5 heteroatoms. The van der Waals surface area contributed by atoms with Crippen molar-refractivity contribution in [3.05, 3.63) is 53.6 Å². The van der Waals surface area contributed by atoms with Crippen LogP contribution in [-0.4, -0.2) is 45.3 Å². The summed E-state index contributed by atoms with van der Waals surface area (Å²) >= 11 is 0. The highest BCUT2D eigenvalue weighted by molar-refractivity contribution is 5.52. The molecule has 1 heterocycles. The molecule has 0 bridgehead atoms. The molecule has 1 N–H and O–H groups in total. The van der Waals surface area contributed by atoms with Crippen LogP contribution in [0.15, 0.2) is 42.5 Å². The number of hydrogen-bond donors (Lipinski definition) is 1. The van der Waals surface area contributed by atoms with Crippen LogP contribution in [0, 0.1) is 5.92 Å². The van der Waals surface area contributed by atoms with Gasteiger partial charge in [-0.15, -0.1) is 0 Å². The first-order valence-corrected chi connectivity index (χ1v) is 11.2. The summed E-state index contributed by atoms with van der Waals surface area (Å²) < 4.78 is 17.7. The van der Waals surface area contributed by atoms with Crippen LogP contribution in [0.1, 0.15) is 42.9 Å². The van der Waals surface area contributed by atoms with Crippen molar-refractivity contribution in [2.24, 2.45) is 5.92 Å². The van der Waals surface area contributed by atoms with Crippen LogP contribution in [-0.2, 0) is 6.61 Å². The standard InChI is InChI=1S/C25H34N2O3/c1-28-23-16-21(25(20-10-6-7-11-20)27-14-12-26-13-15-27)22(17-24(23)29-2)30-18-19-8-4-3-5-9-19/h3-5,8-9,16-17,20,25-26H,6-7,10-15,18H2,1-2H3/t25-/m0/s1. The van der Waals surface area contributed by atoms with Gasteiger partial charge >= 0.3 is 0 Å². The topological polar surface area (TPSA) is 43.0 Å². The Kier molecular flexibility index (Phi) is 7.13. The van der Waals surface area contributed by atoms with Crippen LogP contribution >= 0.6 is 0 Å². The number of benzene rings is 2. The van der Waals surface area contributed by atoms with Gasteiger partial charge in [-0.2, -0.15) is 0 Å². The van der Waals surface area contributed by atoms with E-state index in [9.17, 15) is 0 Å². The fourth-order valence-electron chi connectivity index (χ4n) is 4.95. The Balaban J connectivity index is 1.71. The zero-order valence-corrected chi connectivity index (χ0v) is 18.2. The van der Waals surface area contributed by atoms with Crippen molar-refractivity contribution < 1.29 is 14.2 Å². The summed E-state index contributed by atoms with van der Waals surface area (Å²) in [5, 5.41) is 3.50. The molecule has 0 spiro atoms. The third-order valence-electron chi connectivity index (χ3n) is 6.46. The minimum atomic E-state index is 0.347. The van der Waals surface area contributed by atoms with Crippen molar-refractivity contribution in [2.75, 3.05) is 40.4 Å². The fourth-order valence-corrected chi connectivity index (χ4v) is 4.95. The Morgan fingerprint density at radius 2 is 1.60 bits per heavy atom. The second-order valence-corrected chi connectivity index (χ2v) is 8.29. The molecule has 2 aliphatic rings. The van der Waals surface area contributed by atoms with Crippen LogP contribution in [0.4, 0.5) is 0 Å². The number of methoxy groups -OCH3 is 2. The minimum absolute atomic E-state index is 0.347. The third-order valence-corrected chi connectivity index (χ3v) is 6.46. The number of rotatable bonds is 8. The zero-order valence-electron chi connectivity index (χ0n) is 18.2. The molecule has 1 aliphatic carbocycles. The lowest BCUT2D eigenvalue weighted by molar-refractivity contribution is 0.121. The normalized spacial score (nSPS) is 18.9. The van der Waals surface area contributed by atoms with Crippen molar-refractivity contribution in [1.82, 2.24) is 10.2 Å². The molecule has 1 atom stereocenters. The number of ether oxygens (including phenoxy) is 3. The second kappa shape index (κ2) is 10.2. The van der Waals surface area contributed by atoms with Gasteiger partial charge in [0.15, 0.2) is 11.5 Å². The van der Waals surface area contributed by atoms with Gasteiger partial charge < -0.3 is 19.5 Å². The molecule has 2 aromatic carbocycles. The summed E-state index contributed by atoms with van der Waals surface area (Å²) in [5.41, 5.74) is 2.40. The molecule has 0 amide bonds. The first kappa shape index (κ1) is 21.0. The lowest BCUT2D eigenvalue weighted by Gasteiger charge is -2.39. The molecule has 0 radical (unpaired) electrons. The Labute approximate surface area is 180 Å². The molecule has 1 saturated carbocycles. The van der Waals surface area contributed by atoms with Gasteiger partial charge in [-0.1, -0.05) is 43.2 Å². The molecule has 2 fully saturated rings. The summed E-state index contributed by atoms with van der Waals surface area (Å²) in [6, 6.07) is 14.9. The van der Waals surface area contributed by atoms with Gasteiger partial charge in [0.25, 0.3) is 0 Å². The summed E-state index contributed by atoms with van der Waals surface area (Å²) in [7, 11) is 3.39.